The van der Waals surface area contributed by atoms with Gasteiger partial charge in [0.05, 0.1) is 0 Å². The Balaban J connectivity index is 0.000000194. The largest absolute Gasteiger partial charge is 0.311 e. The minimum Gasteiger partial charge on any atom is -0.311 e. The van der Waals surface area contributed by atoms with Gasteiger partial charge in [-0.3, -0.25) is 14.5 Å². The minimum absolute atomic E-state index is 0.00458. The first-order valence-electron chi connectivity index (χ1n) is 8.41. The third kappa shape index (κ3) is 7.67. The van der Waals surface area contributed by atoms with Crippen molar-refractivity contribution in [2.75, 3.05) is 22.1 Å². The normalized spacial score (nSPS) is 13.1. The van der Waals surface area contributed by atoms with E-state index < -0.39 is 0 Å². The molecule has 0 atom stereocenters. The Morgan fingerprint density at radius 2 is 1.81 bits per heavy atom. The average Bonchev–Trinajstić information content (AvgIpc) is 3.06. The zero-order valence-electron chi connectivity index (χ0n) is 14.5. The summed E-state index contributed by atoms with van der Waals surface area (Å²) in [7, 11) is 0. The fourth-order valence-electron chi connectivity index (χ4n) is 2.35. The molecule has 3 heterocycles. The minimum atomic E-state index is -0.00458. The highest BCUT2D eigenvalue weighted by molar-refractivity contribution is 9.10. The van der Waals surface area contributed by atoms with E-state index in [1.54, 1.807) is 11.0 Å². The molecular weight excluding hydrogens is 544 g/mol. The van der Waals surface area contributed by atoms with Crippen molar-refractivity contribution in [3.05, 3.63) is 45.6 Å². The zero-order chi connectivity index (χ0) is 19.6. The van der Waals surface area contributed by atoms with Gasteiger partial charge in [0, 0.05) is 24.7 Å². The van der Waals surface area contributed by atoms with E-state index in [9.17, 15) is 9.59 Å². The lowest BCUT2D eigenvalue weighted by atomic mass is 10.3. The first-order valence-corrected chi connectivity index (χ1v) is 11.1. The Labute approximate surface area is 183 Å². The molecule has 0 spiro atoms. The summed E-state index contributed by atoms with van der Waals surface area (Å²) in [6, 6.07) is 11.0. The Bertz CT molecular complexity index is 789. The summed E-state index contributed by atoms with van der Waals surface area (Å²) in [5.74, 6) is 1.50. The Morgan fingerprint density at radius 1 is 1.11 bits per heavy atom. The summed E-state index contributed by atoms with van der Waals surface area (Å²) < 4.78 is 1.49. The molecule has 0 bridgehead atoms. The van der Waals surface area contributed by atoms with E-state index in [0.29, 0.717) is 18.7 Å². The summed E-state index contributed by atoms with van der Waals surface area (Å²) in [6.07, 6.45) is 2.93. The molecule has 0 saturated carbocycles. The van der Waals surface area contributed by atoms with Gasteiger partial charge in [-0.2, -0.15) is 0 Å². The predicted molar refractivity (Wildman–Crippen MR) is 117 cm³/mol. The highest BCUT2D eigenvalue weighted by atomic mass is 79.9. The van der Waals surface area contributed by atoms with Crippen molar-refractivity contribution < 1.29 is 9.59 Å². The molecule has 0 aliphatic carbocycles. The van der Waals surface area contributed by atoms with Gasteiger partial charge in [-0.05, 0) is 69.0 Å². The van der Waals surface area contributed by atoms with Crippen LogP contribution >= 0.6 is 47.8 Å². The number of hydrogen-bond acceptors (Lipinski definition) is 4. The van der Waals surface area contributed by atoms with Crippen LogP contribution in [0.25, 0.3) is 0 Å². The number of anilines is 2. The average molecular weight is 563 g/mol. The van der Waals surface area contributed by atoms with Crippen LogP contribution in [0.15, 0.2) is 45.6 Å². The van der Waals surface area contributed by atoms with Crippen molar-refractivity contribution in [3.8, 4) is 0 Å². The summed E-state index contributed by atoms with van der Waals surface area (Å²) in [4.78, 5) is 32.7. The number of alkyl halides is 1. The lowest BCUT2D eigenvalue weighted by Crippen LogP contribution is -2.24. The summed E-state index contributed by atoms with van der Waals surface area (Å²) >= 11 is 9.79. The number of carbonyl (C=O) groups excluding carboxylic acids is 2. The van der Waals surface area contributed by atoms with Gasteiger partial charge in [0.1, 0.15) is 20.8 Å². The molecule has 0 unspecified atom stereocenters. The van der Waals surface area contributed by atoms with Gasteiger partial charge in [0.25, 0.3) is 0 Å². The Kier molecular flexibility index (Phi) is 9.36. The van der Waals surface area contributed by atoms with Crippen molar-refractivity contribution in [1.29, 1.82) is 0 Å². The van der Waals surface area contributed by atoms with Gasteiger partial charge in [-0.1, -0.05) is 28.1 Å². The molecule has 1 N–H and O–H groups in total. The third-order valence-electron chi connectivity index (χ3n) is 3.57. The van der Waals surface area contributed by atoms with Crippen molar-refractivity contribution in [1.82, 2.24) is 9.97 Å². The summed E-state index contributed by atoms with van der Waals surface area (Å²) in [5.41, 5.74) is 0. The maximum Gasteiger partial charge on any atom is 0.228 e. The fraction of sp³-hybridized carbons (Fsp3) is 0.333. The maximum absolute atomic E-state index is 11.4. The molecule has 27 heavy (non-hydrogen) atoms. The van der Waals surface area contributed by atoms with Crippen molar-refractivity contribution in [2.45, 2.75) is 25.7 Å². The van der Waals surface area contributed by atoms with Gasteiger partial charge in [0.15, 0.2) is 0 Å². The molecule has 144 valence electrons. The molecule has 1 saturated heterocycles. The standard InChI is InChI=1S/C9H10Br2N2O.C9H9BrN2O/c10-6-2-5-9(14)13-8-4-1-3-7(11)12-8;10-7-3-1-4-8(11-7)12-6-2-5-9(12)13/h1,3-4H,2,5-6H2,(H,12,13,14);1,3-4H,2,5-6H2. The number of nitrogens with zero attached hydrogens (tertiary/aromatic N) is 3. The second-order valence-corrected chi connectivity index (χ2v) is 8.07. The number of carbonyl (C=O) groups is 2. The SMILES string of the molecule is O=C(CCCBr)Nc1cccc(Br)n1.O=C1CCCN1c1cccc(Br)n1. The van der Waals surface area contributed by atoms with Crippen LogP contribution in [0.1, 0.15) is 25.7 Å². The topological polar surface area (TPSA) is 75.2 Å². The number of amides is 2. The highest BCUT2D eigenvalue weighted by Crippen LogP contribution is 2.20. The zero-order valence-corrected chi connectivity index (χ0v) is 19.3. The van der Waals surface area contributed by atoms with E-state index in [0.717, 1.165) is 39.7 Å². The number of halogens is 3. The van der Waals surface area contributed by atoms with Crippen LogP contribution in [0.3, 0.4) is 0 Å². The number of pyridine rings is 2. The van der Waals surface area contributed by atoms with Crippen LogP contribution in [0.5, 0.6) is 0 Å². The second-order valence-electron chi connectivity index (χ2n) is 5.65. The van der Waals surface area contributed by atoms with Gasteiger partial charge >= 0.3 is 0 Å². The van der Waals surface area contributed by atoms with Crippen molar-refractivity contribution in [3.63, 3.8) is 0 Å². The molecule has 0 aromatic carbocycles. The van der Waals surface area contributed by atoms with Gasteiger partial charge in [0.2, 0.25) is 11.8 Å². The molecule has 2 amide bonds. The molecule has 1 aliphatic rings. The molecule has 6 nitrogen and oxygen atoms in total. The van der Waals surface area contributed by atoms with Gasteiger partial charge in [-0.25, -0.2) is 9.97 Å². The number of rotatable bonds is 5. The van der Waals surface area contributed by atoms with E-state index in [1.807, 2.05) is 30.3 Å². The van der Waals surface area contributed by atoms with E-state index in [4.69, 9.17) is 0 Å². The van der Waals surface area contributed by atoms with Crippen LogP contribution in [-0.4, -0.2) is 33.7 Å². The molecule has 2 aromatic rings. The van der Waals surface area contributed by atoms with Gasteiger partial charge < -0.3 is 5.32 Å². The van der Waals surface area contributed by atoms with Crippen LogP contribution in [0.4, 0.5) is 11.6 Å². The smallest absolute Gasteiger partial charge is 0.228 e. The Morgan fingerprint density at radius 3 is 2.41 bits per heavy atom. The number of hydrogen-bond donors (Lipinski definition) is 1. The third-order valence-corrected chi connectivity index (χ3v) is 5.01. The van der Waals surface area contributed by atoms with Crippen LogP contribution in [-0.2, 0) is 9.59 Å². The quantitative estimate of drug-likeness (QED) is 0.414. The van der Waals surface area contributed by atoms with E-state index >= 15 is 0 Å². The summed E-state index contributed by atoms with van der Waals surface area (Å²) in [5, 5.41) is 3.56. The van der Waals surface area contributed by atoms with Crippen LogP contribution < -0.4 is 10.2 Å². The molecular formula is C18H19Br3N4O2. The molecule has 2 aromatic heterocycles. The van der Waals surface area contributed by atoms with Crippen molar-refractivity contribution >= 4 is 71.2 Å². The maximum atomic E-state index is 11.4. The van der Waals surface area contributed by atoms with E-state index in [-0.39, 0.29) is 11.8 Å². The van der Waals surface area contributed by atoms with E-state index in [2.05, 4.69) is 63.1 Å². The van der Waals surface area contributed by atoms with Crippen LogP contribution in [0.2, 0.25) is 0 Å². The molecule has 9 heteroatoms. The first-order chi connectivity index (χ1) is 13.0. The lowest BCUT2D eigenvalue weighted by Gasteiger charge is -2.13. The molecule has 1 fully saturated rings. The monoisotopic (exact) mass is 560 g/mol. The number of nitrogens with one attached hydrogen (secondary N) is 1. The summed E-state index contributed by atoms with van der Waals surface area (Å²) in [6.45, 7) is 0.794. The van der Waals surface area contributed by atoms with E-state index in [1.165, 1.54) is 0 Å². The number of aromatic nitrogens is 2. The van der Waals surface area contributed by atoms with Crippen LogP contribution in [0, 0.1) is 0 Å². The molecule has 0 radical (unpaired) electrons. The van der Waals surface area contributed by atoms with Gasteiger partial charge in [-0.15, -0.1) is 0 Å². The van der Waals surface area contributed by atoms with Crippen molar-refractivity contribution in [2.24, 2.45) is 0 Å². The Hall–Kier alpha value is -1.32. The lowest BCUT2D eigenvalue weighted by molar-refractivity contribution is -0.117. The highest BCUT2D eigenvalue weighted by Gasteiger charge is 2.22. The molecule has 1 aliphatic heterocycles. The second kappa shape index (κ2) is 11.5. The fourth-order valence-corrected chi connectivity index (χ4v) is 3.31. The predicted octanol–water partition coefficient (Wildman–Crippen LogP) is 4.93. The molecule has 3 rings (SSSR count). The first kappa shape index (κ1) is 22.0.